The summed E-state index contributed by atoms with van der Waals surface area (Å²) in [5, 5.41) is 3.54. The van der Waals surface area contributed by atoms with Gasteiger partial charge in [-0.2, -0.15) is 0 Å². The van der Waals surface area contributed by atoms with E-state index in [0.29, 0.717) is 4.99 Å². The zero-order valence-corrected chi connectivity index (χ0v) is 12.9. The molecule has 0 aromatic heterocycles. The van der Waals surface area contributed by atoms with Crippen molar-refractivity contribution in [1.82, 2.24) is 0 Å². The van der Waals surface area contributed by atoms with E-state index in [0.717, 1.165) is 28.8 Å². The first-order valence-corrected chi connectivity index (χ1v) is 7.12. The third-order valence-corrected chi connectivity index (χ3v) is 4.43. The van der Waals surface area contributed by atoms with Crippen molar-refractivity contribution in [3.63, 3.8) is 0 Å². The first kappa shape index (κ1) is 13.8. The van der Waals surface area contributed by atoms with Gasteiger partial charge >= 0.3 is 0 Å². The molecule has 3 N–H and O–H groups in total. The summed E-state index contributed by atoms with van der Waals surface area (Å²) in [5.74, 6) is 0. The molecule has 1 heterocycles. The molecule has 18 heavy (non-hydrogen) atoms. The lowest BCUT2D eigenvalue weighted by atomic mass is 9.93. The van der Waals surface area contributed by atoms with Gasteiger partial charge in [-0.25, -0.2) is 0 Å². The Hall–Kier alpha value is -0.650. The summed E-state index contributed by atoms with van der Waals surface area (Å²) in [6, 6.07) is 5.91. The van der Waals surface area contributed by atoms with Crippen molar-refractivity contribution < 1.29 is 4.74 Å². The number of thiocarbonyl (C=S) groups is 1. The van der Waals surface area contributed by atoms with E-state index in [9.17, 15) is 0 Å². The molecule has 1 aromatic rings. The van der Waals surface area contributed by atoms with E-state index in [-0.39, 0.29) is 11.6 Å². The number of hydrogen-bond donors (Lipinski definition) is 2. The molecule has 1 fully saturated rings. The van der Waals surface area contributed by atoms with Gasteiger partial charge in [0.05, 0.1) is 11.6 Å². The standard InChI is InChI=1S/C13H17BrN2OS/c1-8-13(2,6-7-17-8)16-10-5-3-4-9(14)11(10)12(15)18/h3-5,8,16H,6-7H2,1-2H3,(H2,15,18). The molecule has 1 aliphatic heterocycles. The van der Waals surface area contributed by atoms with E-state index in [4.69, 9.17) is 22.7 Å². The van der Waals surface area contributed by atoms with Crippen LogP contribution < -0.4 is 11.1 Å². The first-order valence-electron chi connectivity index (χ1n) is 5.92. The van der Waals surface area contributed by atoms with Gasteiger partial charge in [0.25, 0.3) is 0 Å². The quantitative estimate of drug-likeness (QED) is 0.837. The van der Waals surface area contributed by atoms with Crippen molar-refractivity contribution in [2.45, 2.75) is 31.9 Å². The fraction of sp³-hybridized carbons (Fsp3) is 0.462. The van der Waals surface area contributed by atoms with Gasteiger partial charge in [0, 0.05) is 22.3 Å². The van der Waals surface area contributed by atoms with E-state index in [1.54, 1.807) is 0 Å². The highest BCUT2D eigenvalue weighted by Crippen LogP contribution is 2.33. The Morgan fingerprint density at radius 1 is 1.61 bits per heavy atom. The number of anilines is 1. The maximum Gasteiger partial charge on any atom is 0.107 e. The predicted molar refractivity (Wildman–Crippen MR) is 82.1 cm³/mol. The second-order valence-electron chi connectivity index (χ2n) is 4.83. The van der Waals surface area contributed by atoms with E-state index in [1.807, 2.05) is 18.2 Å². The highest BCUT2D eigenvalue weighted by atomic mass is 79.9. The van der Waals surface area contributed by atoms with Gasteiger partial charge in [0.1, 0.15) is 4.99 Å². The average Bonchev–Trinajstić information content (AvgIpc) is 2.58. The minimum absolute atomic E-state index is 0.0830. The van der Waals surface area contributed by atoms with Crippen LogP contribution in [0.5, 0.6) is 0 Å². The number of nitrogens with one attached hydrogen (secondary N) is 1. The molecule has 5 heteroatoms. The normalized spacial score (nSPS) is 27.2. The summed E-state index contributed by atoms with van der Waals surface area (Å²) < 4.78 is 6.55. The summed E-state index contributed by atoms with van der Waals surface area (Å²) in [6.45, 7) is 5.02. The lowest BCUT2D eigenvalue weighted by Crippen LogP contribution is -2.41. The van der Waals surface area contributed by atoms with Gasteiger partial charge in [-0.15, -0.1) is 0 Å². The third kappa shape index (κ3) is 2.53. The Morgan fingerprint density at radius 2 is 2.33 bits per heavy atom. The summed E-state index contributed by atoms with van der Waals surface area (Å²) in [5.41, 5.74) is 7.52. The number of rotatable bonds is 3. The second kappa shape index (κ2) is 5.15. The van der Waals surface area contributed by atoms with Crippen LogP contribution in [0.25, 0.3) is 0 Å². The minimum Gasteiger partial charge on any atom is -0.389 e. The molecule has 0 spiro atoms. The lowest BCUT2D eigenvalue weighted by Gasteiger charge is -2.31. The zero-order chi connectivity index (χ0) is 13.3. The molecule has 0 aliphatic carbocycles. The van der Waals surface area contributed by atoms with Crippen LogP contribution in [0.3, 0.4) is 0 Å². The number of halogens is 1. The third-order valence-electron chi connectivity index (χ3n) is 3.57. The molecule has 1 aliphatic rings. The highest BCUT2D eigenvalue weighted by Gasteiger charge is 2.37. The largest absolute Gasteiger partial charge is 0.389 e. The number of ether oxygens (including phenoxy) is 1. The summed E-state index contributed by atoms with van der Waals surface area (Å²) in [7, 11) is 0. The van der Waals surface area contributed by atoms with Crippen LogP contribution in [-0.2, 0) is 4.74 Å². The van der Waals surface area contributed by atoms with Crippen LogP contribution in [-0.4, -0.2) is 23.2 Å². The maximum atomic E-state index is 5.80. The van der Waals surface area contributed by atoms with Crippen molar-refractivity contribution in [3.8, 4) is 0 Å². The number of nitrogens with two attached hydrogens (primary N) is 1. The van der Waals surface area contributed by atoms with Crippen LogP contribution in [0.1, 0.15) is 25.8 Å². The Labute approximate surface area is 121 Å². The number of hydrogen-bond acceptors (Lipinski definition) is 3. The van der Waals surface area contributed by atoms with Crippen LogP contribution in [0, 0.1) is 0 Å². The molecule has 0 bridgehead atoms. The maximum absolute atomic E-state index is 5.80. The molecule has 2 atom stereocenters. The molecule has 0 radical (unpaired) electrons. The van der Waals surface area contributed by atoms with Gasteiger partial charge in [-0.3, -0.25) is 0 Å². The summed E-state index contributed by atoms with van der Waals surface area (Å²) in [4.78, 5) is 0.389. The van der Waals surface area contributed by atoms with Gasteiger partial charge < -0.3 is 15.8 Å². The molecule has 0 saturated carbocycles. The van der Waals surface area contributed by atoms with Crippen molar-refractivity contribution in [1.29, 1.82) is 0 Å². The van der Waals surface area contributed by atoms with Crippen molar-refractivity contribution in [2.75, 3.05) is 11.9 Å². The van der Waals surface area contributed by atoms with Crippen LogP contribution in [0.4, 0.5) is 5.69 Å². The summed E-state index contributed by atoms with van der Waals surface area (Å²) in [6.07, 6.45) is 1.13. The molecule has 2 rings (SSSR count). The van der Waals surface area contributed by atoms with E-state index in [1.165, 1.54) is 0 Å². The SMILES string of the molecule is CC1OCCC1(C)Nc1cccc(Br)c1C(N)=S. The zero-order valence-electron chi connectivity index (χ0n) is 10.5. The molecular formula is C13H17BrN2OS. The second-order valence-corrected chi connectivity index (χ2v) is 6.13. The van der Waals surface area contributed by atoms with Crippen molar-refractivity contribution in [2.24, 2.45) is 5.73 Å². The summed E-state index contributed by atoms with van der Waals surface area (Å²) >= 11 is 8.61. The lowest BCUT2D eigenvalue weighted by molar-refractivity contribution is 0.105. The number of benzene rings is 1. The first-order chi connectivity index (χ1) is 8.44. The average molecular weight is 329 g/mol. The minimum atomic E-state index is -0.0830. The monoisotopic (exact) mass is 328 g/mol. The smallest absolute Gasteiger partial charge is 0.107 e. The molecule has 1 aromatic carbocycles. The fourth-order valence-electron chi connectivity index (χ4n) is 2.19. The van der Waals surface area contributed by atoms with E-state index < -0.39 is 0 Å². The van der Waals surface area contributed by atoms with Gasteiger partial charge in [0.15, 0.2) is 0 Å². The fourth-order valence-corrected chi connectivity index (χ4v) is 3.12. The van der Waals surface area contributed by atoms with Gasteiger partial charge in [-0.1, -0.05) is 18.3 Å². The Balaban J connectivity index is 2.35. The Bertz CT molecular complexity index is 480. The molecule has 1 saturated heterocycles. The Morgan fingerprint density at radius 3 is 2.89 bits per heavy atom. The molecular weight excluding hydrogens is 312 g/mol. The van der Waals surface area contributed by atoms with Crippen LogP contribution in [0.15, 0.2) is 22.7 Å². The topological polar surface area (TPSA) is 47.3 Å². The predicted octanol–water partition coefficient (Wildman–Crippen LogP) is 3.06. The van der Waals surface area contributed by atoms with Crippen molar-refractivity contribution >= 4 is 38.8 Å². The Kier molecular flexibility index (Phi) is 3.94. The molecule has 2 unspecified atom stereocenters. The molecule has 0 amide bonds. The van der Waals surface area contributed by atoms with Gasteiger partial charge in [-0.05, 0) is 48.3 Å². The molecule has 3 nitrogen and oxygen atoms in total. The van der Waals surface area contributed by atoms with E-state index in [2.05, 4.69) is 35.1 Å². The van der Waals surface area contributed by atoms with Crippen molar-refractivity contribution in [3.05, 3.63) is 28.2 Å². The highest BCUT2D eigenvalue weighted by molar-refractivity contribution is 9.10. The van der Waals surface area contributed by atoms with Crippen LogP contribution >= 0.6 is 28.1 Å². The van der Waals surface area contributed by atoms with Crippen LogP contribution in [0.2, 0.25) is 0 Å². The van der Waals surface area contributed by atoms with Gasteiger partial charge in [0.2, 0.25) is 0 Å². The molecule has 98 valence electrons. The van der Waals surface area contributed by atoms with E-state index >= 15 is 0 Å².